The van der Waals surface area contributed by atoms with Gasteiger partial charge in [0.15, 0.2) is 0 Å². The molecular formula is C25H37N5O3. The highest BCUT2D eigenvalue weighted by Crippen LogP contribution is 2.24. The molecule has 2 aromatic rings. The summed E-state index contributed by atoms with van der Waals surface area (Å²) >= 11 is 0. The zero-order valence-electron chi connectivity index (χ0n) is 20.4. The molecule has 8 heteroatoms. The van der Waals surface area contributed by atoms with Gasteiger partial charge in [-0.25, -0.2) is 0 Å². The lowest BCUT2D eigenvalue weighted by Gasteiger charge is -2.30. The molecule has 2 heterocycles. The normalized spacial score (nSPS) is 15.9. The van der Waals surface area contributed by atoms with Crippen molar-refractivity contribution in [1.29, 1.82) is 0 Å². The first-order valence-corrected chi connectivity index (χ1v) is 11.8. The molecule has 0 atom stereocenters. The summed E-state index contributed by atoms with van der Waals surface area (Å²) in [5.74, 6) is 0.0538. The van der Waals surface area contributed by atoms with Crippen molar-refractivity contribution in [2.45, 2.75) is 45.7 Å². The number of ether oxygens (including phenoxy) is 1. The number of hydrogen-bond donors (Lipinski definition) is 0. The van der Waals surface area contributed by atoms with Gasteiger partial charge in [-0.15, -0.1) is 0 Å². The van der Waals surface area contributed by atoms with Crippen molar-refractivity contribution in [3.05, 3.63) is 47.8 Å². The number of hydrogen-bond acceptors (Lipinski definition) is 5. The van der Waals surface area contributed by atoms with Crippen molar-refractivity contribution in [2.75, 3.05) is 44.8 Å². The molecule has 0 aliphatic carbocycles. The van der Waals surface area contributed by atoms with Gasteiger partial charge in [0.1, 0.15) is 6.61 Å². The lowest BCUT2D eigenvalue weighted by Crippen LogP contribution is -2.41. The Kier molecular flexibility index (Phi) is 9.03. The molecule has 1 aromatic heterocycles. The number of carbonyl (C=O) groups is 2. The number of benzene rings is 1. The molecule has 33 heavy (non-hydrogen) atoms. The number of aromatic nitrogens is 2. The van der Waals surface area contributed by atoms with E-state index >= 15 is 0 Å². The highest BCUT2D eigenvalue weighted by molar-refractivity contribution is 5.95. The average Bonchev–Trinajstić information content (AvgIpc) is 3.19. The van der Waals surface area contributed by atoms with E-state index in [4.69, 9.17) is 4.74 Å². The minimum absolute atomic E-state index is 0.0373. The van der Waals surface area contributed by atoms with Crippen LogP contribution in [-0.2, 0) is 34.3 Å². The predicted octanol–water partition coefficient (Wildman–Crippen LogP) is 2.48. The van der Waals surface area contributed by atoms with E-state index in [0.29, 0.717) is 38.5 Å². The van der Waals surface area contributed by atoms with Crippen LogP contribution in [0.3, 0.4) is 0 Å². The number of nitrogens with zero attached hydrogens (tertiary/aromatic N) is 5. The highest BCUT2D eigenvalue weighted by atomic mass is 16.5. The van der Waals surface area contributed by atoms with Crippen molar-refractivity contribution < 1.29 is 14.3 Å². The van der Waals surface area contributed by atoms with E-state index < -0.39 is 0 Å². The van der Waals surface area contributed by atoms with E-state index in [0.717, 1.165) is 36.5 Å². The molecule has 1 aromatic carbocycles. The van der Waals surface area contributed by atoms with Crippen LogP contribution in [0.15, 0.2) is 36.5 Å². The van der Waals surface area contributed by atoms with E-state index in [9.17, 15) is 9.59 Å². The third-order valence-electron chi connectivity index (χ3n) is 6.30. The maximum atomic E-state index is 13.3. The zero-order chi connectivity index (χ0) is 23.8. The van der Waals surface area contributed by atoms with Crippen molar-refractivity contribution in [3.63, 3.8) is 0 Å². The fraction of sp³-hybridized carbons (Fsp3) is 0.560. The van der Waals surface area contributed by atoms with E-state index in [1.54, 1.807) is 13.3 Å². The topological polar surface area (TPSA) is 70.9 Å². The molecule has 3 rings (SSSR count). The number of aryl methyl sites for hydroxylation is 2. The fourth-order valence-corrected chi connectivity index (χ4v) is 4.34. The summed E-state index contributed by atoms with van der Waals surface area (Å²) in [5, 5.41) is 4.20. The van der Waals surface area contributed by atoms with Crippen molar-refractivity contribution in [1.82, 2.24) is 19.6 Å². The Balaban J connectivity index is 1.87. The van der Waals surface area contributed by atoms with Crippen LogP contribution < -0.4 is 4.90 Å². The molecule has 0 N–H and O–H groups in total. The van der Waals surface area contributed by atoms with Gasteiger partial charge >= 0.3 is 0 Å². The molecule has 180 valence electrons. The van der Waals surface area contributed by atoms with Crippen LogP contribution in [0.2, 0.25) is 0 Å². The second kappa shape index (κ2) is 12.0. The van der Waals surface area contributed by atoms with Gasteiger partial charge in [0.25, 0.3) is 5.91 Å². The van der Waals surface area contributed by atoms with Gasteiger partial charge in [-0.3, -0.25) is 19.2 Å². The standard InChI is InChI=1S/C25H37N5O3/c1-20(2)28-14-7-15-30(25(32)19-33-4)23-9-6-5-8-21(23)18-29(17-16-28)24(31)11-10-22-12-13-26-27(22)3/h5-6,8-9,12-13,20H,7,10-11,14-19H2,1-4H3. The Morgan fingerprint density at radius 2 is 1.85 bits per heavy atom. The number of rotatable bonds is 6. The summed E-state index contributed by atoms with van der Waals surface area (Å²) in [6.07, 6.45) is 3.70. The van der Waals surface area contributed by atoms with Crippen LogP contribution in [0.1, 0.15) is 37.9 Å². The van der Waals surface area contributed by atoms with Crippen molar-refractivity contribution in [2.24, 2.45) is 7.05 Å². The Bertz CT molecular complexity index is 926. The first-order chi connectivity index (χ1) is 15.9. The minimum atomic E-state index is -0.0608. The molecule has 0 bridgehead atoms. The molecule has 8 nitrogen and oxygen atoms in total. The smallest absolute Gasteiger partial charge is 0.252 e. The first kappa shape index (κ1) is 24.9. The molecular weight excluding hydrogens is 418 g/mol. The molecule has 1 aliphatic heterocycles. The lowest BCUT2D eigenvalue weighted by atomic mass is 10.1. The van der Waals surface area contributed by atoms with Crippen LogP contribution in [0, 0.1) is 0 Å². The summed E-state index contributed by atoms with van der Waals surface area (Å²) in [7, 11) is 3.44. The maximum Gasteiger partial charge on any atom is 0.252 e. The first-order valence-electron chi connectivity index (χ1n) is 11.8. The summed E-state index contributed by atoms with van der Waals surface area (Å²) in [6, 6.07) is 10.2. The summed E-state index contributed by atoms with van der Waals surface area (Å²) < 4.78 is 6.96. The Labute approximate surface area is 197 Å². The fourth-order valence-electron chi connectivity index (χ4n) is 4.34. The second-order valence-electron chi connectivity index (χ2n) is 8.85. The van der Waals surface area contributed by atoms with Gasteiger partial charge in [0, 0.05) is 76.9 Å². The van der Waals surface area contributed by atoms with E-state index in [1.165, 1.54) is 0 Å². The summed E-state index contributed by atoms with van der Waals surface area (Å²) in [4.78, 5) is 32.4. The predicted molar refractivity (Wildman–Crippen MR) is 129 cm³/mol. The summed E-state index contributed by atoms with van der Waals surface area (Å²) in [6.45, 7) is 7.82. The van der Waals surface area contributed by atoms with Crippen molar-refractivity contribution in [3.8, 4) is 0 Å². The van der Waals surface area contributed by atoms with Gasteiger partial charge < -0.3 is 14.5 Å². The third kappa shape index (κ3) is 6.65. The molecule has 1 aliphatic rings. The van der Waals surface area contributed by atoms with Gasteiger partial charge in [-0.2, -0.15) is 5.10 Å². The number of anilines is 1. The van der Waals surface area contributed by atoms with E-state index in [1.807, 2.05) is 51.9 Å². The van der Waals surface area contributed by atoms with Crippen LogP contribution in [0.5, 0.6) is 0 Å². The van der Waals surface area contributed by atoms with E-state index in [2.05, 4.69) is 23.8 Å². The lowest BCUT2D eigenvalue weighted by molar-refractivity contribution is -0.132. The van der Waals surface area contributed by atoms with Gasteiger partial charge in [-0.1, -0.05) is 18.2 Å². The SMILES string of the molecule is COCC(=O)N1CCCN(C(C)C)CCN(C(=O)CCc2ccnn2C)Cc2ccccc21. The highest BCUT2D eigenvalue weighted by Gasteiger charge is 2.24. The summed E-state index contributed by atoms with van der Waals surface area (Å²) in [5.41, 5.74) is 2.89. The van der Waals surface area contributed by atoms with Gasteiger partial charge in [0.2, 0.25) is 5.91 Å². The quantitative estimate of drug-likeness (QED) is 0.669. The van der Waals surface area contributed by atoms with Crippen LogP contribution in [0.4, 0.5) is 5.69 Å². The second-order valence-corrected chi connectivity index (χ2v) is 8.85. The number of amides is 2. The molecule has 0 fully saturated rings. The van der Waals surface area contributed by atoms with Crippen molar-refractivity contribution >= 4 is 17.5 Å². The molecule has 0 spiro atoms. The average molecular weight is 456 g/mol. The largest absolute Gasteiger partial charge is 0.375 e. The number of fused-ring (bicyclic) bond motifs is 1. The number of methoxy groups -OCH3 is 1. The molecule has 0 saturated carbocycles. The zero-order valence-corrected chi connectivity index (χ0v) is 20.4. The number of carbonyl (C=O) groups excluding carboxylic acids is 2. The molecule has 0 unspecified atom stereocenters. The Morgan fingerprint density at radius 3 is 2.55 bits per heavy atom. The molecule has 2 amide bonds. The minimum Gasteiger partial charge on any atom is -0.375 e. The Morgan fingerprint density at radius 1 is 1.06 bits per heavy atom. The molecule has 0 saturated heterocycles. The monoisotopic (exact) mass is 455 g/mol. The molecule has 0 radical (unpaired) electrons. The maximum absolute atomic E-state index is 13.3. The van der Waals surface area contributed by atoms with Gasteiger partial charge in [-0.05, 0) is 44.4 Å². The van der Waals surface area contributed by atoms with E-state index in [-0.39, 0.29) is 18.4 Å². The number of para-hydroxylation sites is 1. The van der Waals surface area contributed by atoms with Crippen LogP contribution >= 0.6 is 0 Å². The van der Waals surface area contributed by atoms with Crippen LogP contribution in [-0.4, -0.2) is 77.3 Å². The van der Waals surface area contributed by atoms with Gasteiger partial charge in [0.05, 0.1) is 0 Å². The third-order valence-corrected chi connectivity index (χ3v) is 6.30. The Hall–Kier alpha value is -2.71. The van der Waals surface area contributed by atoms with Crippen LogP contribution in [0.25, 0.3) is 0 Å².